The summed E-state index contributed by atoms with van der Waals surface area (Å²) >= 11 is 3.71. The van der Waals surface area contributed by atoms with E-state index in [-0.39, 0.29) is 16.6 Å². The van der Waals surface area contributed by atoms with E-state index in [0.29, 0.717) is 24.3 Å². The van der Waals surface area contributed by atoms with E-state index in [1.54, 1.807) is 0 Å². The monoisotopic (exact) mass is 564 g/mol. The Kier molecular flexibility index (Phi) is 8.92. The Labute approximate surface area is 243 Å². The first-order chi connectivity index (χ1) is 18.2. The number of hydrogen-bond acceptors (Lipinski definition) is 5. The first-order valence-electron chi connectivity index (χ1n) is 13.9. The molecule has 0 atom stereocenters. The Morgan fingerprint density at radius 2 is 0.872 bits per heavy atom. The molecular formula is C34H44O3S2. The van der Waals surface area contributed by atoms with Crippen molar-refractivity contribution >= 4 is 23.5 Å². The van der Waals surface area contributed by atoms with Crippen LogP contribution in [-0.4, -0.2) is 26.8 Å². The van der Waals surface area contributed by atoms with E-state index < -0.39 is 0 Å². The van der Waals surface area contributed by atoms with Crippen LogP contribution in [0.15, 0.2) is 36.4 Å². The molecule has 1 aliphatic rings. The van der Waals surface area contributed by atoms with Crippen LogP contribution in [0, 0.1) is 6.92 Å². The second-order valence-corrected chi connectivity index (χ2v) is 15.2. The highest BCUT2D eigenvalue weighted by molar-refractivity contribution is 7.99. The van der Waals surface area contributed by atoms with Gasteiger partial charge in [0, 0.05) is 35.5 Å². The fraction of sp³-hybridized carbons (Fsp3) is 0.471. The average molecular weight is 565 g/mol. The number of aromatic hydroxyl groups is 3. The lowest BCUT2D eigenvalue weighted by Crippen LogP contribution is -2.13. The molecule has 6 bridgehead atoms. The van der Waals surface area contributed by atoms with Gasteiger partial charge in [-0.15, -0.1) is 0 Å². The maximum absolute atomic E-state index is 11.5. The largest absolute Gasteiger partial charge is 0.507 e. The van der Waals surface area contributed by atoms with Gasteiger partial charge in [0.2, 0.25) is 0 Å². The molecule has 0 saturated carbocycles. The van der Waals surface area contributed by atoms with E-state index in [0.717, 1.165) is 68.4 Å². The van der Waals surface area contributed by atoms with Crippen molar-refractivity contribution in [3.63, 3.8) is 0 Å². The van der Waals surface area contributed by atoms with Crippen LogP contribution in [0.4, 0.5) is 0 Å². The first-order valence-corrected chi connectivity index (χ1v) is 16.2. The molecule has 4 rings (SSSR count). The Bertz CT molecular complexity index is 1250. The Morgan fingerprint density at radius 1 is 0.538 bits per heavy atom. The zero-order chi connectivity index (χ0) is 28.5. The fourth-order valence-electron chi connectivity index (χ4n) is 5.12. The normalized spacial score (nSPS) is 15.5. The molecule has 3 aromatic rings. The molecule has 1 heterocycles. The van der Waals surface area contributed by atoms with E-state index >= 15 is 0 Å². The second-order valence-electron chi connectivity index (χ2n) is 13.0. The number of hydrogen-bond donors (Lipinski definition) is 3. The summed E-state index contributed by atoms with van der Waals surface area (Å²) in [6, 6.07) is 12.5. The van der Waals surface area contributed by atoms with Gasteiger partial charge < -0.3 is 15.3 Å². The van der Waals surface area contributed by atoms with Gasteiger partial charge in [0.05, 0.1) is 0 Å². The minimum atomic E-state index is -0.0530. The van der Waals surface area contributed by atoms with Gasteiger partial charge >= 0.3 is 0 Å². The summed E-state index contributed by atoms with van der Waals surface area (Å²) in [7, 11) is 0. The number of phenols is 3. The van der Waals surface area contributed by atoms with E-state index in [1.807, 2.05) is 42.6 Å². The lowest BCUT2D eigenvalue weighted by molar-refractivity contribution is 0.454. The van der Waals surface area contributed by atoms with Crippen LogP contribution in [0.2, 0.25) is 0 Å². The number of rotatable bonds is 0. The smallest absolute Gasteiger partial charge is 0.123 e. The second kappa shape index (κ2) is 11.7. The molecule has 5 heteroatoms. The Morgan fingerprint density at radius 3 is 1.26 bits per heavy atom. The topological polar surface area (TPSA) is 60.7 Å². The zero-order valence-corrected chi connectivity index (χ0v) is 26.2. The van der Waals surface area contributed by atoms with E-state index in [9.17, 15) is 15.3 Å². The zero-order valence-electron chi connectivity index (χ0n) is 24.6. The van der Waals surface area contributed by atoms with Crippen molar-refractivity contribution in [1.82, 2.24) is 0 Å². The molecule has 0 aliphatic carbocycles. The van der Waals surface area contributed by atoms with E-state index in [2.05, 4.69) is 65.8 Å². The van der Waals surface area contributed by atoms with Gasteiger partial charge in [-0.1, -0.05) is 83.5 Å². The van der Waals surface area contributed by atoms with E-state index in [4.69, 9.17) is 0 Å². The molecule has 0 spiro atoms. The molecule has 3 aromatic carbocycles. The minimum Gasteiger partial charge on any atom is -0.507 e. The molecule has 0 aromatic heterocycles. The maximum Gasteiger partial charge on any atom is 0.123 e. The molecule has 0 radical (unpaired) electrons. The van der Waals surface area contributed by atoms with Crippen molar-refractivity contribution in [2.24, 2.45) is 0 Å². The number of aryl methyl sites for hydroxylation is 1. The summed E-state index contributed by atoms with van der Waals surface area (Å²) < 4.78 is 0. The number of thioether (sulfide) groups is 2. The number of benzene rings is 3. The molecule has 0 amide bonds. The van der Waals surface area contributed by atoms with Gasteiger partial charge in [-0.25, -0.2) is 0 Å². The highest BCUT2D eigenvalue weighted by Gasteiger charge is 2.23. The van der Waals surface area contributed by atoms with Gasteiger partial charge in [-0.05, 0) is 69.1 Å². The molecule has 210 valence electrons. The van der Waals surface area contributed by atoms with Crippen molar-refractivity contribution in [3.8, 4) is 17.2 Å². The van der Waals surface area contributed by atoms with E-state index in [1.165, 1.54) is 11.1 Å². The molecule has 39 heavy (non-hydrogen) atoms. The summed E-state index contributed by atoms with van der Waals surface area (Å²) in [5.74, 6) is 4.48. The Balaban J connectivity index is 1.85. The van der Waals surface area contributed by atoms with Crippen molar-refractivity contribution < 1.29 is 15.3 Å². The third kappa shape index (κ3) is 7.10. The molecule has 0 saturated heterocycles. The molecule has 1 aliphatic heterocycles. The SMILES string of the molecule is Cc1cc2c(O)c(c1)Cc1cc(C(C)(C)C)cc(c1O)CSCCCSCc1cc(C(C)(C)C)cc(c1O)C2. The predicted octanol–water partition coefficient (Wildman–Crippen LogP) is 8.76. The van der Waals surface area contributed by atoms with Crippen LogP contribution in [-0.2, 0) is 35.2 Å². The van der Waals surface area contributed by atoms with Crippen LogP contribution in [0.5, 0.6) is 17.2 Å². The summed E-state index contributed by atoms with van der Waals surface area (Å²) in [5.41, 5.74) is 8.57. The molecule has 3 nitrogen and oxygen atoms in total. The molecule has 0 fully saturated rings. The minimum absolute atomic E-state index is 0.0530. The first kappa shape index (κ1) is 29.7. The summed E-state index contributed by atoms with van der Waals surface area (Å²) in [4.78, 5) is 0. The number of phenolic OH excluding ortho intramolecular Hbond substituents is 3. The van der Waals surface area contributed by atoms with Gasteiger partial charge in [0.15, 0.2) is 0 Å². The van der Waals surface area contributed by atoms with Gasteiger partial charge in [-0.3, -0.25) is 0 Å². The molecule has 0 unspecified atom stereocenters. The highest BCUT2D eigenvalue weighted by Crippen LogP contribution is 2.39. The third-order valence-electron chi connectivity index (χ3n) is 7.53. The van der Waals surface area contributed by atoms with Crippen LogP contribution < -0.4 is 0 Å². The van der Waals surface area contributed by atoms with Gasteiger partial charge in [0.25, 0.3) is 0 Å². The van der Waals surface area contributed by atoms with Gasteiger partial charge in [0.1, 0.15) is 17.2 Å². The Hall–Kier alpha value is -2.24. The molecule has 3 N–H and O–H groups in total. The van der Waals surface area contributed by atoms with Crippen LogP contribution in [0.25, 0.3) is 0 Å². The van der Waals surface area contributed by atoms with Crippen molar-refractivity contribution in [2.75, 3.05) is 11.5 Å². The average Bonchev–Trinajstić information content (AvgIpc) is 2.83. The van der Waals surface area contributed by atoms with Crippen molar-refractivity contribution in [3.05, 3.63) is 86.5 Å². The van der Waals surface area contributed by atoms with Gasteiger partial charge in [-0.2, -0.15) is 23.5 Å². The standard InChI is InChI=1S/C34H44O3S2/c1-21-11-22-13-24-15-28(33(2,3)4)17-26(31(24)36)19-38-9-8-10-39-20-27-18-29(34(5,6)7)16-25(32(27)37)14-23(12-21)30(22)35/h11-12,15-18,35-37H,8-10,13-14,19-20H2,1-7H3. The summed E-state index contributed by atoms with van der Waals surface area (Å²) in [5, 5.41) is 34.1. The number of fused-ring (bicyclic) bond motifs is 6. The highest BCUT2D eigenvalue weighted by atomic mass is 32.2. The summed E-state index contributed by atoms with van der Waals surface area (Å²) in [6.07, 6.45) is 1.97. The van der Waals surface area contributed by atoms with Crippen LogP contribution in [0.1, 0.15) is 98.0 Å². The molecular weight excluding hydrogens is 521 g/mol. The maximum atomic E-state index is 11.5. The van der Waals surface area contributed by atoms with Crippen molar-refractivity contribution in [1.29, 1.82) is 0 Å². The van der Waals surface area contributed by atoms with Crippen LogP contribution >= 0.6 is 23.5 Å². The lowest BCUT2D eigenvalue weighted by atomic mass is 9.83. The third-order valence-corrected chi connectivity index (χ3v) is 9.72. The quantitative estimate of drug-likeness (QED) is 0.255. The lowest BCUT2D eigenvalue weighted by Gasteiger charge is -2.24. The van der Waals surface area contributed by atoms with Crippen molar-refractivity contribution in [2.45, 2.75) is 90.1 Å². The predicted molar refractivity (Wildman–Crippen MR) is 169 cm³/mol. The summed E-state index contributed by atoms with van der Waals surface area (Å²) in [6.45, 7) is 15.2. The van der Waals surface area contributed by atoms with Crippen LogP contribution in [0.3, 0.4) is 0 Å². The fourth-order valence-corrected chi connectivity index (χ4v) is 7.17.